The van der Waals surface area contributed by atoms with Gasteiger partial charge >= 0.3 is 0 Å². The molecule has 0 radical (unpaired) electrons. The lowest BCUT2D eigenvalue weighted by atomic mass is 9.67. The molecule has 38 heavy (non-hydrogen) atoms. The first-order valence-corrected chi connectivity index (χ1v) is 13.4. The van der Waals surface area contributed by atoms with Crippen molar-refractivity contribution in [2.45, 2.75) is 11.8 Å². The van der Waals surface area contributed by atoms with Gasteiger partial charge in [-0.1, -0.05) is 140 Å². The van der Waals surface area contributed by atoms with Crippen molar-refractivity contribution in [1.29, 1.82) is 0 Å². The van der Waals surface area contributed by atoms with Crippen LogP contribution in [0.25, 0.3) is 33.4 Å². The van der Waals surface area contributed by atoms with E-state index in [1.807, 2.05) is 0 Å². The van der Waals surface area contributed by atoms with Crippen molar-refractivity contribution in [2.24, 2.45) is 0 Å². The standard InChI is InChI=1S/C38H26/c1-3-12-30(13-4-1)38(31-14-5-2-6-15-31)36-18-10-9-17-34(36)35-22-20-27(25-37(35)38)26-19-21-33-29(23-26)24-28-11-7-8-16-32(28)33/h1-23,25H,24H2. The lowest BCUT2D eigenvalue weighted by molar-refractivity contribution is 0.769. The molecule has 0 aliphatic heterocycles. The van der Waals surface area contributed by atoms with E-state index in [-0.39, 0.29) is 5.41 Å². The Morgan fingerprint density at radius 3 is 1.63 bits per heavy atom. The molecule has 0 saturated carbocycles. The number of rotatable bonds is 3. The van der Waals surface area contributed by atoms with Crippen LogP contribution in [-0.4, -0.2) is 0 Å². The first kappa shape index (κ1) is 21.4. The highest BCUT2D eigenvalue weighted by molar-refractivity contribution is 5.89. The fourth-order valence-electron chi connectivity index (χ4n) is 6.95. The van der Waals surface area contributed by atoms with Gasteiger partial charge in [-0.25, -0.2) is 0 Å². The summed E-state index contributed by atoms with van der Waals surface area (Å²) in [5.74, 6) is 0. The molecule has 0 spiro atoms. The van der Waals surface area contributed by atoms with Crippen LogP contribution in [0.2, 0.25) is 0 Å². The second kappa shape index (κ2) is 8.16. The lowest BCUT2D eigenvalue weighted by Crippen LogP contribution is -2.28. The average molecular weight is 483 g/mol. The van der Waals surface area contributed by atoms with Crippen molar-refractivity contribution in [3.05, 3.63) is 179 Å². The van der Waals surface area contributed by atoms with Crippen LogP contribution in [0.3, 0.4) is 0 Å². The minimum atomic E-state index is -0.364. The van der Waals surface area contributed by atoms with E-state index in [1.165, 1.54) is 66.8 Å². The Labute approximate surface area is 223 Å². The molecule has 0 N–H and O–H groups in total. The summed E-state index contributed by atoms with van der Waals surface area (Å²) in [6.07, 6.45) is 1.01. The van der Waals surface area contributed by atoms with E-state index in [0.717, 1.165) is 6.42 Å². The third-order valence-electron chi connectivity index (χ3n) is 8.59. The van der Waals surface area contributed by atoms with Gasteiger partial charge in [0, 0.05) is 0 Å². The maximum Gasteiger partial charge on any atom is 0.0713 e. The van der Waals surface area contributed by atoms with Gasteiger partial charge in [-0.15, -0.1) is 0 Å². The second-order valence-electron chi connectivity index (χ2n) is 10.5. The van der Waals surface area contributed by atoms with Crippen LogP contribution in [0, 0.1) is 0 Å². The highest BCUT2D eigenvalue weighted by Gasteiger charge is 2.46. The van der Waals surface area contributed by atoms with Crippen molar-refractivity contribution >= 4 is 0 Å². The van der Waals surface area contributed by atoms with Gasteiger partial charge in [-0.05, 0) is 79.2 Å². The van der Waals surface area contributed by atoms with Crippen molar-refractivity contribution in [2.75, 3.05) is 0 Å². The molecule has 8 rings (SSSR count). The summed E-state index contributed by atoms with van der Waals surface area (Å²) < 4.78 is 0. The SMILES string of the molecule is c1ccc(C2(c3ccccc3)c3ccccc3-c3ccc(-c4ccc5c(c4)Cc4ccccc4-5)cc32)cc1. The Hall–Kier alpha value is -4.68. The summed E-state index contributed by atoms with van der Waals surface area (Å²) in [5, 5.41) is 0. The van der Waals surface area contributed by atoms with Gasteiger partial charge in [0.15, 0.2) is 0 Å². The Kier molecular flexibility index (Phi) is 4.60. The van der Waals surface area contributed by atoms with E-state index in [2.05, 4.69) is 146 Å². The maximum atomic E-state index is 2.46. The van der Waals surface area contributed by atoms with Gasteiger partial charge in [0.05, 0.1) is 5.41 Å². The van der Waals surface area contributed by atoms with E-state index in [9.17, 15) is 0 Å². The van der Waals surface area contributed by atoms with Crippen LogP contribution in [-0.2, 0) is 11.8 Å². The highest BCUT2D eigenvalue weighted by Crippen LogP contribution is 2.56. The van der Waals surface area contributed by atoms with E-state index in [0.29, 0.717) is 0 Å². The van der Waals surface area contributed by atoms with Gasteiger partial charge in [0.25, 0.3) is 0 Å². The lowest BCUT2D eigenvalue weighted by Gasteiger charge is -2.34. The molecule has 0 atom stereocenters. The molecule has 0 amide bonds. The molecule has 178 valence electrons. The van der Waals surface area contributed by atoms with Crippen LogP contribution in [0.15, 0.2) is 146 Å². The number of fused-ring (bicyclic) bond motifs is 6. The molecule has 6 aromatic rings. The maximum absolute atomic E-state index is 2.46. The third-order valence-corrected chi connectivity index (χ3v) is 8.59. The summed E-state index contributed by atoms with van der Waals surface area (Å²) >= 11 is 0. The molecule has 0 aromatic heterocycles. The molecule has 0 bridgehead atoms. The quantitative estimate of drug-likeness (QED) is 0.235. The predicted octanol–water partition coefficient (Wildman–Crippen LogP) is 9.29. The van der Waals surface area contributed by atoms with Crippen LogP contribution >= 0.6 is 0 Å². The minimum absolute atomic E-state index is 0.364. The normalized spacial score (nSPS) is 13.9. The van der Waals surface area contributed by atoms with E-state index in [4.69, 9.17) is 0 Å². The van der Waals surface area contributed by atoms with Crippen molar-refractivity contribution in [1.82, 2.24) is 0 Å². The first-order valence-electron chi connectivity index (χ1n) is 13.4. The average Bonchev–Trinajstić information content (AvgIpc) is 3.51. The van der Waals surface area contributed by atoms with E-state index in [1.54, 1.807) is 0 Å². The van der Waals surface area contributed by atoms with Crippen molar-refractivity contribution in [3.63, 3.8) is 0 Å². The first-order chi connectivity index (χ1) is 18.8. The number of hydrogen-bond acceptors (Lipinski definition) is 0. The van der Waals surface area contributed by atoms with Crippen molar-refractivity contribution in [3.8, 4) is 33.4 Å². The molecule has 0 fully saturated rings. The molecule has 0 heteroatoms. The molecule has 0 heterocycles. The van der Waals surface area contributed by atoms with Crippen LogP contribution in [0.1, 0.15) is 33.4 Å². The van der Waals surface area contributed by atoms with Crippen LogP contribution in [0.4, 0.5) is 0 Å². The fraction of sp³-hybridized carbons (Fsp3) is 0.0526. The number of hydrogen-bond donors (Lipinski definition) is 0. The molecule has 0 unspecified atom stereocenters. The van der Waals surface area contributed by atoms with E-state index < -0.39 is 0 Å². The summed E-state index contributed by atoms with van der Waals surface area (Å²) in [5.41, 5.74) is 15.8. The molecule has 0 saturated heterocycles. The molecule has 2 aliphatic rings. The Morgan fingerprint density at radius 2 is 0.895 bits per heavy atom. The monoisotopic (exact) mass is 482 g/mol. The molecule has 2 aliphatic carbocycles. The Bertz CT molecular complexity index is 1790. The largest absolute Gasteiger partial charge is 0.0713 e. The predicted molar refractivity (Wildman–Crippen MR) is 157 cm³/mol. The zero-order chi connectivity index (χ0) is 25.1. The van der Waals surface area contributed by atoms with Crippen LogP contribution in [0.5, 0.6) is 0 Å². The molecular weight excluding hydrogens is 456 g/mol. The van der Waals surface area contributed by atoms with Gasteiger partial charge in [-0.3, -0.25) is 0 Å². The Morgan fingerprint density at radius 1 is 0.368 bits per heavy atom. The summed E-state index contributed by atoms with van der Waals surface area (Å²) in [4.78, 5) is 0. The van der Waals surface area contributed by atoms with Gasteiger partial charge in [0.1, 0.15) is 0 Å². The van der Waals surface area contributed by atoms with Crippen LogP contribution < -0.4 is 0 Å². The Balaban J connectivity index is 1.37. The summed E-state index contributed by atoms with van der Waals surface area (Å²) in [7, 11) is 0. The molecular formula is C38H26. The summed E-state index contributed by atoms with van der Waals surface area (Å²) in [6.45, 7) is 0. The van der Waals surface area contributed by atoms with E-state index >= 15 is 0 Å². The number of benzene rings is 6. The topological polar surface area (TPSA) is 0 Å². The van der Waals surface area contributed by atoms with Gasteiger partial charge < -0.3 is 0 Å². The van der Waals surface area contributed by atoms with Crippen molar-refractivity contribution < 1.29 is 0 Å². The molecule has 6 aromatic carbocycles. The zero-order valence-corrected chi connectivity index (χ0v) is 21.1. The minimum Gasteiger partial charge on any atom is -0.0622 e. The zero-order valence-electron chi connectivity index (χ0n) is 21.1. The molecule has 0 nitrogen and oxygen atoms in total. The second-order valence-corrected chi connectivity index (χ2v) is 10.5. The van der Waals surface area contributed by atoms with Gasteiger partial charge in [-0.2, -0.15) is 0 Å². The summed E-state index contributed by atoms with van der Waals surface area (Å²) in [6, 6.07) is 54.0. The fourth-order valence-corrected chi connectivity index (χ4v) is 6.95. The third kappa shape index (κ3) is 2.92. The van der Waals surface area contributed by atoms with Gasteiger partial charge in [0.2, 0.25) is 0 Å². The highest BCUT2D eigenvalue weighted by atomic mass is 14.5. The smallest absolute Gasteiger partial charge is 0.0622 e.